The molecule has 1 aromatic heterocycles. The van der Waals surface area contributed by atoms with E-state index in [1.165, 1.54) is 35.2 Å². The Hall–Kier alpha value is -2.78. The third kappa shape index (κ3) is 5.52. The summed E-state index contributed by atoms with van der Waals surface area (Å²) in [5.41, 5.74) is 2.67. The summed E-state index contributed by atoms with van der Waals surface area (Å²) in [6.07, 6.45) is 1.24. The third-order valence-corrected chi connectivity index (χ3v) is 7.48. The standard InChI is InChI=1S/C23H23FN4O2S2/c1-15-4-2-3-5-19(15)21(30)28-12-10-17(11-13-28)20(29)25-22-26-27-23(32-22)31-14-16-6-8-18(24)9-7-16/h2-9,17H,10-14H2,1H3,(H,25,26,29). The Morgan fingerprint density at radius 2 is 1.84 bits per heavy atom. The molecule has 0 spiro atoms. The van der Waals surface area contributed by atoms with Crippen LogP contribution in [0.5, 0.6) is 0 Å². The van der Waals surface area contributed by atoms with Crippen LogP contribution in [0.4, 0.5) is 9.52 Å². The van der Waals surface area contributed by atoms with Gasteiger partial charge < -0.3 is 10.2 Å². The van der Waals surface area contributed by atoms with Gasteiger partial charge >= 0.3 is 0 Å². The van der Waals surface area contributed by atoms with Crippen LogP contribution in [-0.4, -0.2) is 40.0 Å². The first kappa shape index (κ1) is 22.4. The Bertz CT molecular complexity index is 1100. The molecule has 0 saturated carbocycles. The molecule has 1 aliphatic rings. The zero-order valence-corrected chi connectivity index (χ0v) is 19.2. The van der Waals surface area contributed by atoms with Crippen molar-refractivity contribution in [2.24, 2.45) is 5.92 Å². The maximum Gasteiger partial charge on any atom is 0.254 e. The summed E-state index contributed by atoms with van der Waals surface area (Å²) >= 11 is 2.81. The second-order valence-electron chi connectivity index (χ2n) is 7.66. The average Bonchev–Trinajstić information content (AvgIpc) is 3.26. The quantitative estimate of drug-likeness (QED) is 0.415. The first-order valence-corrected chi connectivity index (χ1v) is 12.2. The highest BCUT2D eigenvalue weighted by Crippen LogP contribution is 2.29. The minimum atomic E-state index is -0.259. The van der Waals surface area contributed by atoms with Crippen molar-refractivity contribution in [3.05, 3.63) is 71.0 Å². The molecule has 166 valence electrons. The molecule has 32 heavy (non-hydrogen) atoms. The fraction of sp³-hybridized carbons (Fsp3) is 0.304. The summed E-state index contributed by atoms with van der Waals surface area (Å²) in [7, 11) is 0. The van der Waals surface area contributed by atoms with E-state index in [-0.39, 0.29) is 23.5 Å². The van der Waals surface area contributed by atoms with E-state index in [1.807, 2.05) is 36.1 Å². The van der Waals surface area contributed by atoms with Crippen LogP contribution < -0.4 is 5.32 Å². The van der Waals surface area contributed by atoms with Crippen LogP contribution in [-0.2, 0) is 10.5 Å². The van der Waals surface area contributed by atoms with Crippen LogP contribution in [0.3, 0.4) is 0 Å². The summed E-state index contributed by atoms with van der Waals surface area (Å²) in [5, 5.41) is 11.5. The number of hydrogen-bond donors (Lipinski definition) is 1. The molecule has 1 N–H and O–H groups in total. The molecule has 1 saturated heterocycles. The number of piperidine rings is 1. The van der Waals surface area contributed by atoms with Crippen molar-refractivity contribution in [3.8, 4) is 0 Å². The number of halogens is 1. The van der Waals surface area contributed by atoms with Crippen LogP contribution in [0.15, 0.2) is 52.9 Å². The van der Waals surface area contributed by atoms with Gasteiger partial charge in [-0.3, -0.25) is 9.59 Å². The molecule has 0 radical (unpaired) electrons. The molecule has 6 nitrogen and oxygen atoms in total. The minimum Gasteiger partial charge on any atom is -0.339 e. The number of anilines is 1. The highest BCUT2D eigenvalue weighted by atomic mass is 32.2. The number of benzene rings is 2. The molecule has 2 amide bonds. The monoisotopic (exact) mass is 470 g/mol. The number of likely N-dealkylation sites (tertiary alicyclic amines) is 1. The van der Waals surface area contributed by atoms with E-state index >= 15 is 0 Å². The predicted octanol–water partition coefficient (Wildman–Crippen LogP) is 4.77. The number of nitrogens with one attached hydrogen (secondary N) is 1. The Morgan fingerprint density at radius 3 is 2.56 bits per heavy atom. The zero-order valence-electron chi connectivity index (χ0n) is 17.6. The van der Waals surface area contributed by atoms with Crippen molar-refractivity contribution in [1.82, 2.24) is 15.1 Å². The number of amides is 2. The van der Waals surface area contributed by atoms with Crippen LogP contribution in [0, 0.1) is 18.7 Å². The molecule has 2 aromatic carbocycles. The average molecular weight is 471 g/mol. The maximum atomic E-state index is 13.0. The topological polar surface area (TPSA) is 75.2 Å². The van der Waals surface area contributed by atoms with Gasteiger partial charge in [-0.25, -0.2) is 4.39 Å². The normalized spacial score (nSPS) is 14.4. The lowest BCUT2D eigenvalue weighted by atomic mass is 9.95. The first-order valence-electron chi connectivity index (χ1n) is 10.4. The lowest BCUT2D eigenvalue weighted by Crippen LogP contribution is -2.41. The second-order valence-corrected chi connectivity index (χ2v) is 9.86. The molecular formula is C23H23FN4O2S2. The lowest BCUT2D eigenvalue weighted by Gasteiger charge is -2.31. The van der Waals surface area contributed by atoms with Gasteiger partial charge in [-0.1, -0.05) is 53.4 Å². The number of carbonyl (C=O) groups excluding carboxylic acids is 2. The molecule has 2 heterocycles. The lowest BCUT2D eigenvalue weighted by molar-refractivity contribution is -0.121. The van der Waals surface area contributed by atoms with Crippen LogP contribution in [0.25, 0.3) is 0 Å². The van der Waals surface area contributed by atoms with Crippen molar-refractivity contribution in [2.75, 3.05) is 18.4 Å². The van der Waals surface area contributed by atoms with Gasteiger partial charge in [-0.05, 0) is 49.1 Å². The zero-order chi connectivity index (χ0) is 22.5. The fourth-order valence-corrected chi connectivity index (χ4v) is 5.29. The Morgan fingerprint density at radius 1 is 1.12 bits per heavy atom. The van der Waals surface area contributed by atoms with Crippen LogP contribution in [0.2, 0.25) is 0 Å². The molecule has 0 aliphatic carbocycles. The van der Waals surface area contributed by atoms with Gasteiger partial charge in [0.05, 0.1) is 0 Å². The molecule has 1 fully saturated rings. The van der Waals surface area contributed by atoms with E-state index < -0.39 is 0 Å². The summed E-state index contributed by atoms with van der Waals surface area (Å²) in [6, 6.07) is 13.9. The second kappa shape index (κ2) is 10.2. The van der Waals surface area contributed by atoms with E-state index in [1.54, 1.807) is 12.1 Å². The summed E-state index contributed by atoms with van der Waals surface area (Å²) in [4.78, 5) is 27.3. The van der Waals surface area contributed by atoms with Gasteiger partial charge in [0, 0.05) is 30.3 Å². The molecule has 3 aromatic rings. The Kier molecular flexibility index (Phi) is 7.16. The van der Waals surface area contributed by atoms with Gasteiger partial charge in [0.15, 0.2) is 4.34 Å². The predicted molar refractivity (Wildman–Crippen MR) is 124 cm³/mol. The molecule has 4 rings (SSSR count). The third-order valence-electron chi connectivity index (χ3n) is 5.44. The molecule has 0 unspecified atom stereocenters. The largest absolute Gasteiger partial charge is 0.339 e. The fourth-order valence-electron chi connectivity index (χ4n) is 3.58. The number of aromatic nitrogens is 2. The van der Waals surface area contributed by atoms with Crippen LogP contribution >= 0.6 is 23.1 Å². The molecule has 9 heteroatoms. The Labute approximate surface area is 194 Å². The minimum absolute atomic E-state index is 0.0221. The van der Waals surface area contributed by atoms with Crippen LogP contribution in [0.1, 0.15) is 34.3 Å². The molecule has 0 bridgehead atoms. The summed E-state index contributed by atoms with van der Waals surface area (Å²) in [6.45, 7) is 3.04. The highest BCUT2D eigenvalue weighted by Gasteiger charge is 2.28. The number of nitrogens with zero attached hydrogens (tertiary/aromatic N) is 3. The number of thioether (sulfide) groups is 1. The summed E-state index contributed by atoms with van der Waals surface area (Å²) in [5.74, 6) is 0.171. The summed E-state index contributed by atoms with van der Waals surface area (Å²) < 4.78 is 13.7. The Balaban J connectivity index is 1.26. The van der Waals surface area contributed by atoms with E-state index in [4.69, 9.17) is 0 Å². The number of rotatable bonds is 6. The van der Waals surface area contributed by atoms with E-state index in [0.717, 1.165) is 21.0 Å². The molecule has 1 aliphatic heterocycles. The van der Waals surface area contributed by atoms with Crippen molar-refractivity contribution in [2.45, 2.75) is 29.9 Å². The first-order chi connectivity index (χ1) is 15.5. The van der Waals surface area contributed by atoms with Gasteiger partial charge in [0.25, 0.3) is 5.91 Å². The smallest absolute Gasteiger partial charge is 0.254 e. The van der Waals surface area contributed by atoms with E-state index in [2.05, 4.69) is 15.5 Å². The highest BCUT2D eigenvalue weighted by molar-refractivity contribution is 8.00. The number of aryl methyl sites for hydroxylation is 1. The van der Waals surface area contributed by atoms with Gasteiger partial charge in [-0.15, -0.1) is 10.2 Å². The molecular weight excluding hydrogens is 447 g/mol. The van der Waals surface area contributed by atoms with E-state index in [0.29, 0.717) is 36.8 Å². The van der Waals surface area contributed by atoms with Crippen molar-refractivity contribution in [3.63, 3.8) is 0 Å². The van der Waals surface area contributed by atoms with Crippen molar-refractivity contribution >= 4 is 40.0 Å². The van der Waals surface area contributed by atoms with Gasteiger partial charge in [-0.2, -0.15) is 0 Å². The van der Waals surface area contributed by atoms with Gasteiger partial charge in [0.2, 0.25) is 11.0 Å². The number of hydrogen-bond acceptors (Lipinski definition) is 6. The number of carbonyl (C=O) groups is 2. The van der Waals surface area contributed by atoms with E-state index in [9.17, 15) is 14.0 Å². The van der Waals surface area contributed by atoms with Gasteiger partial charge in [0.1, 0.15) is 5.82 Å². The molecule has 0 atom stereocenters. The van der Waals surface area contributed by atoms with Crippen molar-refractivity contribution < 1.29 is 14.0 Å². The maximum absolute atomic E-state index is 13.0. The SMILES string of the molecule is Cc1ccccc1C(=O)N1CCC(C(=O)Nc2nnc(SCc3ccc(F)cc3)s2)CC1. The van der Waals surface area contributed by atoms with Crippen molar-refractivity contribution in [1.29, 1.82) is 0 Å².